The average Bonchev–Trinajstić information content (AvgIpc) is 3.65. The molecule has 1 aromatic heterocycles. The van der Waals surface area contributed by atoms with E-state index in [1.165, 1.54) is 18.9 Å². The van der Waals surface area contributed by atoms with Gasteiger partial charge in [-0.15, -0.1) is 5.10 Å². The van der Waals surface area contributed by atoms with Gasteiger partial charge in [-0.05, 0) is 13.0 Å². The maximum absolute atomic E-state index is 11.6. The van der Waals surface area contributed by atoms with Crippen LogP contribution >= 0.6 is 9.12 Å². The molecule has 12 N–H and O–H groups in total. The Hall–Kier alpha value is -2.65. The monoisotopic (exact) mass is 879 g/mol. The highest BCUT2D eigenvalue weighted by atomic mass is 31.0. The van der Waals surface area contributed by atoms with Crippen molar-refractivity contribution in [3.05, 3.63) is 23.8 Å². The van der Waals surface area contributed by atoms with Gasteiger partial charge >= 0.3 is 0 Å². The van der Waals surface area contributed by atoms with E-state index in [9.17, 15) is 40.2 Å². The second-order valence-electron chi connectivity index (χ2n) is 14.7. The van der Waals surface area contributed by atoms with Crippen LogP contribution < -0.4 is 22.2 Å². The van der Waals surface area contributed by atoms with Gasteiger partial charge in [-0.1, -0.05) is 24.4 Å². The Morgan fingerprint density at radius 1 is 0.867 bits per heavy atom. The number of hydrogen-bond acceptors (Lipinski definition) is 20. The summed E-state index contributed by atoms with van der Waals surface area (Å²) in [6, 6.07) is -2.07. The molecule has 0 saturated carbocycles. The van der Waals surface area contributed by atoms with Gasteiger partial charge in [-0.25, -0.2) is 10.5 Å². The van der Waals surface area contributed by atoms with Crippen LogP contribution in [0.1, 0.15) is 38.8 Å². The predicted octanol–water partition coefficient (Wildman–Crippen LogP) is -5.18. The molecule has 2 aliphatic heterocycles. The van der Waals surface area contributed by atoms with E-state index in [0.717, 1.165) is 44.8 Å². The number of amides is 2. The van der Waals surface area contributed by atoms with E-state index in [1.54, 1.807) is 10.9 Å². The van der Waals surface area contributed by atoms with Crippen LogP contribution in [0.15, 0.2) is 18.1 Å². The van der Waals surface area contributed by atoms with Crippen LogP contribution in [0.3, 0.4) is 0 Å². The lowest BCUT2D eigenvalue weighted by atomic mass is 9.97. The summed E-state index contributed by atoms with van der Waals surface area (Å²) in [7, 11) is 2.75. The minimum absolute atomic E-state index is 0.0359. The summed E-state index contributed by atoms with van der Waals surface area (Å²) in [5, 5.41) is 75.1. The number of ether oxygens (including phenoxy) is 6. The zero-order chi connectivity index (χ0) is 44.0. The number of aliphatic hydroxyl groups excluding tert-OH is 6. The van der Waals surface area contributed by atoms with Gasteiger partial charge in [0.2, 0.25) is 11.8 Å². The molecule has 3 heterocycles. The van der Waals surface area contributed by atoms with E-state index in [0.29, 0.717) is 38.5 Å². The van der Waals surface area contributed by atoms with E-state index < -0.39 is 86.3 Å². The van der Waals surface area contributed by atoms with Crippen molar-refractivity contribution < 1.29 is 68.6 Å². The van der Waals surface area contributed by atoms with Crippen molar-refractivity contribution in [2.45, 2.75) is 114 Å². The lowest BCUT2D eigenvalue weighted by Gasteiger charge is -2.42. The molecule has 3 rings (SSSR count). The second kappa shape index (κ2) is 28.1. The van der Waals surface area contributed by atoms with Crippen LogP contribution in [-0.2, 0) is 51.1 Å². The Balaban J connectivity index is 1.41. The lowest BCUT2D eigenvalue weighted by Crippen LogP contribution is -2.64. The number of aliphatic hydroxyl groups is 6. The van der Waals surface area contributed by atoms with Crippen molar-refractivity contribution in [1.29, 1.82) is 0 Å². The number of carbonyl (C=O) groups excluding carboxylic acids is 2. The maximum Gasteiger partial charge on any atom is 0.217 e. The Kier molecular flexibility index (Phi) is 24.2. The highest BCUT2D eigenvalue weighted by Gasteiger charge is 2.46. The quantitative estimate of drug-likeness (QED) is 0.0118. The lowest BCUT2D eigenvalue weighted by molar-refractivity contribution is -0.272. The Morgan fingerprint density at radius 3 is 1.97 bits per heavy atom. The minimum atomic E-state index is -1.40. The fraction of sp³-hybridized carbons (Fsp3) is 0.829. The first-order valence-corrected chi connectivity index (χ1v) is 21.1. The zero-order valence-electron chi connectivity index (χ0n) is 34.6. The molecule has 11 unspecified atom stereocenters. The summed E-state index contributed by atoms with van der Waals surface area (Å²) in [5.74, 6) is 5.30. The maximum atomic E-state index is 11.6. The third-order valence-electron chi connectivity index (χ3n) is 9.62. The first-order valence-electron chi connectivity index (χ1n) is 20.2. The highest BCUT2D eigenvalue weighted by Crippen LogP contribution is 2.23. The van der Waals surface area contributed by atoms with Crippen LogP contribution in [0.5, 0.6) is 0 Å². The van der Waals surface area contributed by atoms with E-state index in [1.807, 2.05) is 6.20 Å². The molecule has 344 valence electrons. The summed E-state index contributed by atoms with van der Waals surface area (Å²) >= 11 is 0. The number of hydrogen-bond donors (Lipinski definition) is 10. The van der Waals surface area contributed by atoms with Crippen LogP contribution in [0.2, 0.25) is 6.32 Å². The van der Waals surface area contributed by atoms with E-state index >= 15 is 0 Å². The summed E-state index contributed by atoms with van der Waals surface area (Å²) in [5.41, 5.74) is 7.70. The standard InChI is InChI=1S/C35H67BN9O14P/c1-22(48)39-28-32(52)30(50)26(20-46)58-34(28)56-14-12-54-10-8-44(38)17-24(37)16-43(7-5-3-4-6-36-60)18-25-19-45(42-41-25)9-11-55-13-15-57-35-29(40-23(2)49)33(53)31(51)27(21-47)59-35/h17,19,26-36,46-47,50-53H,3-16,18,20-21,37-38,60H2,1-2H3,(H,39,48)(H,40,49)/b24-17-. The number of nitrogens with zero attached hydrogens (tertiary/aromatic N) is 5. The molecule has 2 saturated heterocycles. The molecule has 2 amide bonds. The van der Waals surface area contributed by atoms with Gasteiger partial charge in [0, 0.05) is 45.0 Å². The van der Waals surface area contributed by atoms with E-state index in [-0.39, 0.29) is 33.0 Å². The molecule has 0 spiro atoms. The number of unbranched alkanes of at least 4 members (excludes halogenated alkanes) is 2. The highest BCUT2D eigenvalue weighted by molar-refractivity contribution is 7.55. The smallest absolute Gasteiger partial charge is 0.217 e. The Labute approximate surface area is 353 Å². The number of nitrogens with two attached hydrogens (primary N) is 2. The van der Waals surface area contributed by atoms with Crippen molar-refractivity contribution in [2.24, 2.45) is 11.6 Å². The molecule has 60 heavy (non-hydrogen) atoms. The van der Waals surface area contributed by atoms with E-state index in [4.69, 9.17) is 40.0 Å². The van der Waals surface area contributed by atoms with E-state index in [2.05, 4.69) is 35.0 Å². The number of carbonyl (C=O) groups is 2. The molecule has 0 aliphatic carbocycles. The van der Waals surface area contributed by atoms with Crippen molar-refractivity contribution in [2.75, 3.05) is 72.5 Å². The molecule has 0 radical (unpaired) electrons. The van der Waals surface area contributed by atoms with Gasteiger partial charge in [0.05, 0.1) is 71.6 Å². The molecule has 0 aromatic carbocycles. The van der Waals surface area contributed by atoms with Crippen molar-refractivity contribution >= 4 is 27.9 Å². The van der Waals surface area contributed by atoms with Crippen molar-refractivity contribution in [3.63, 3.8) is 0 Å². The zero-order valence-corrected chi connectivity index (χ0v) is 35.7. The normalized spacial score (nSPS) is 27.2. The number of aromatic nitrogens is 3. The molecule has 23 nitrogen and oxygen atoms in total. The van der Waals surface area contributed by atoms with Gasteiger partial charge in [0.15, 0.2) is 12.6 Å². The second-order valence-corrected chi connectivity index (χ2v) is 15.2. The number of nitrogens with one attached hydrogen (secondary N) is 2. The van der Waals surface area contributed by atoms with Crippen LogP contribution in [-0.4, -0.2) is 208 Å². The molecule has 11 atom stereocenters. The van der Waals surface area contributed by atoms with Gasteiger partial charge in [-0.2, -0.15) is 9.12 Å². The first kappa shape index (κ1) is 51.7. The average molecular weight is 880 g/mol. The number of hydrazine groups is 1. The molecule has 2 fully saturated rings. The summed E-state index contributed by atoms with van der Waals surface area (Å²) < 4.78 is 35.4. The fourth-order valence-corrected chi connectivity index (χ4v) is 6.87. The van der Waals surface area contributed by atoms with Crippen LogP contribution in [0.25, 0.3) is 0 Å². The fourth-order valence-electron chi connectivity index (χ4n) is 6.58. The van der Waals surface area contributed by atoms with Gasteiger partial charge in [0.1, 0.15) is 55.7 Å². The first-order chi connectivity index (χ1) is 28.8. The van der Waals surface area contributed by atoms with Gasteiger partial charge in [0.25, 0.3) is 0 Å². The molecule has 2 aliphatic rings. The molecular weight excluding hydrogens is 812 g/mol. The Bertz CT molecular complexity index is 1410. The molecule has 25 heteroatoms. The van der Waals surface area contributed by atoms with Crippen molar-refractivity contribution in [3.8, 4) is 0 Å². The molecule has 1 aromatic rings. The number of rotatable bonds is 29. The van der Waals surface area contributed by atoms with Crippen molar-refractivity contribution in [1.82, 2.24) is 35.5 Å². The summed E-state index contributed by atoms with van der Waals surface area (Å²) in [4.78, 5) is 25.4. The van der Waals surface area contributed by atoms with Gasteiger partial charge in [-0.3, -0.25) is 14.5 Å². The third-order valence-corrected chi connectivity index (χ3v) is 10.0. The topological polar surface area (TPSA) is 324 Å². The minimum Gasteiger partial charge on any atom is -0.400 e. The van der Waals surface area contributed by atoms with Crippen LogP contribution in [0, 0.1) is 0 Å². The molecule has 0 bridgehead atoms. The summed E-state index contributed by atoms with van der Waals surface area (Å²) in [6.45, 7) is 5.84. The predicted molar refractivity (Wildman–Crippen MR) is 218 cm³/mol. The summed E-state index contributed by atoms with van der Waals surface area (Å²) in [6.07, 6.45) is -2.18. The van der Waals surface area contributed by atoms with Gasteiger partial charge < -0.3 is 80.4 Å². The molecular formula is C35H67BN9O14P. The Morgan fingerprint density at radius 2 is 1.43 bits per heavy atom. The van der Waals surface area contributed by atoms with Crippen LogP contribution in [0.4, 0.5) is 0 Å². The largest absolute Gasteiger partial charge is 0.400 e. The SMILES string of the molecule is CC(=O)NC1C(OCCOCCN(N)/C=C(\N)CN(CCCCCBP)Cc2cn(CCOCCOC3OC(CO)C(O)C(O)C3NC(C)=O)nn2)OC(CO)C(O)C1O. The third kappa shape index (κ3) is 18.0.